The minimum Gasteiger partial charge on any atom is -0.423 e. The predicted octanol–water partition coefficient (Wildman–Crippen LogP) is 4.27. The van der Waals surface area contributed by atoms with Gasteiger partial charge in [-0.15, -0.1) is 0 Å². The second kappa shape index (κ2) is 7.42. The van der Waals surface area contributed by atoms with Crippen LogP contribution in [0.15, 0.2) is 58.0 Å². The van der Waals surface area contributed by atoms with Crippen LogP contribution in [0.2, 0.25) is 0 Å². The third-order valence-corrected chi connectivity index (χ3v) is 5.38. The second-order valence-electron chi connectivity index (χ2n) is 7.27. The highest BCUT2D eigenvalue weighted by Crippen LogP contribution is 2.28. The van der Waals surface area contributed by atoms with Gasteiger partial charge >= 0.3 is 5.63 Å². The first kappa shape index (κ1) is 17.0. The number of hydrogen-bond acceptors (Lipinski definition) is 4. The number of hydrogen-bond donors (Lipinski definition) is 0. The fourth-order valence-electron chi connectivity index (χ4n) is 3.99. The molecule has 4 nitrogen and oxygen atoms in total. The van der Waals surface area contributed by atoms with Gasteiger partial charge in [-0.05, 0) is 80.1 Å². The average molecular weight is 348 g/mol. The monoisotopic (exact) mass is 348 g/mol. The lowest BCUT2D eigenvalue weighted by Gasteiger charge is -2.21. The summed E-state index contributed by atoms with van der Waals surface area (Å²) in [4.78, 5) is 18.6. The number of nitrogens with zero attached hydrogens (tertiary/aromatic N) is 2. The van der Waals surface area contributed by atoms with Gasteiger partial charge in [-0.1, -0.05) is 12.1 Å². The summed E-state index contributed by atoms with van der Waals surface area (Å²) in [6.07, 6.45) is 7.29. The van der Waals surface area contributed by atoms with Gasteiger partial charge < -0.3 is 4.42 Å². The normalized spacial score (nSPS) is 18.7. The molecule has 0 amide bonds. The molecule has 0 N–H and O–H groups in total. The summed E-state index contributed by atoms with van der Waals surface area (Å²) in [7, 11) is 0. The third kappa shape index (κ3) is 3.70. The number of pyridine rings is 1. The lowest BCUT2D eigenvalue weighted by molar-refractivity contribution is 0.276. The van der Waals surface area contributed by atoms with Crippen LogP contribution in [0.5, 0.6) is 0 Å². The Bertz CT molecular complexity index is 949. The minimum absolute atomic E-state index is 0.261. The molecule has 1 aromatic carbocycles. The van der Waals surface area contributed by atoms with Crippen LogP contribution < -0.4 is 5.63 Å². The topological polar surface area (TPSA) is 46.3 Å². The number of benzene rings is 1. The molecular formula is C22H24N2O2. The van der Waals surface area contributed by atoms with Crippen molar-refractivity contribution in [1.29, 1.82) is 0 Å². The largest absolute Gasteiger partial charge is 0.423 e. The van der Waals surface area contributed by atoms with Crippen LogP contribution in [-0.2, 0) is 6.54 Å². The molecule has 0 bridgehead atoms. The van der Waals surface area contributed by atoms with Crippen LogP contribution >= 0.6 is 0 Å². The van der Waals surface area contributed by atoms with E-state index in [4.69, 9.17) is 4.42 Å². The Balaban J connectivity index is 1.53. The van der Waals surface area contributed by atoms with Gasteiger partial charge in [0.2, 0.25) is 0 Å². The molecular weight excluding hydrogens is 324 g/mol. The Kier molecular flexibility index (Phi) is 4.85. The molecule has 0 aliphatic carbocycles. The maximum Gasteiger partial charge on any atom is 0.336 e. The Morgan fingerprint density at radius 1 is 1.12 bits per heavy atom. The van der Waals surface area contributed by atoms with E-state index < -0.39 is 0 Å². The standard InChI is InChI=1S/C22H24N2O2/c1-16-4-5-20-19(14-22(25)26-21(20)13-16)15-24-11-2-3-17(8-12-24)18-6-9-23-10-7-18/h4-7,9-10,13-14,17H,2-3,8,11-12,15H2,1H3. The number of aromatic nitrogens is 1. The number of fused-ring (bicyclic) bond motifs is 1. The molecule has 134 valence electrons. The molecule has 1 fully saturated rings. The summed E-state index contributed by atoms with van der Waals surface area (Å²) in [5.41, 5.74) is 3.99. The molecule has 1 saturated heterocycles. The van der Waals surface area contributed by atoms with Crippen LogP contribution in [-0.4, -0.2) is 23.0 Å². The smallest absolute Gasteiger partial charge is 0.336 e. The SMILES string of the molecule is Cc1ccc2c(CN3CCCC(c4ccncc4)CC3)cc(=O)oc2c1. The maximum atomic E-state index is 12.0. The molecule has 1 aliphatic heterocycles. The van der Waals surface area contributed by atoms with Crippen molar-refractivity contribution < 1.29 is 4.42 Å². The van der Waals surface area contributed by atoms with Gasteiger partial charge in [0.25, 0.3) is 0 Å². The first-order valence-corrected chi connectivity index (χ1v) is 9.35. The van der Waals surface area contributed by atoms with Gasteiger partial charge in [0.05, 0.1) is 0 Å². The van der Waals surface area contributed by atoms with E-state index >= 15 is 0 Å². The zero-order valence-electron chi connectivity index (χ0n) is 15.1. The fraction of sp³-hybridized carbons (Fsp3) is 0.364. The number of aryl methyl sites for hydroxylation is 1. The molecule has 1 unspecified atom stereocenters. The van der Waals surface area contributed by atoms with Crippen molar-refractivity contribution in [3.63, 3.8) is 0 Å². The zero-order chi connectivity index (χ0) is 17.9. The number of likely N-dealkylation sites (tertiary alicyclic amines) is 1. The van der Waals surface area contributed by atoms with E-state index in [1.54, 1.807) is 6.07 Å². The highest BCUT2D eigenvalue weighted by atomic mass is 16.4. The highest BCUT2D eigenvalue weighted by molar-refractivity contribution is 5.80. The minimum atomic E-state index is -0.261. The second-order valence-corrected chi connectivity index (χ2v) is 7.27. The molecule has 4 heteroatoms. The van der Waals surface area contributed by atoms with Gasteiger partial charge in [0.15, 0.2) is 0 Å². The van der Waals surface area contributed by atoms with E-state index in [9.17, 15) is 4.79 Å². The summed E-state index contributed by atoms with van der Waals surface area (Å²) in [5.74, 6) is 0.600. The summed E-state index contributed by atoms with van der Waals surface area (Å²) < 4.78 is 5.39. The summed E-state index contributed by atoms with van der Waals surface area (Å²) >= 11 is 0. The van der Waals surface area contributed by atoms with E-state index in [1.807, 2.05) is 25.4 Å². The van der Waals surface area contributed by atoms with Crippen molar-refractivity contribution >= 4 is 11.0 Å². The molecule has 3 aromatic rings. The van der Waals surface area contributed by atoms with E-state index in [0.717, 1.165) is 42.6 Å². The first-order chi connectivity index (χ1) is 12.7. The van der Waals surface area contributed by atoms with E-state index in [1.165, 1.54) is 18.4 Å². The quantitative estimate of drug-likeness (QED) is 0.663. The van der Waals surface area contributed by atoms with Crippen molar-refractivity contribution in [1.82, 2.24) is 9.88 Å². The first-order valence-electron chi connectivity index (χ1n) is 9.35. The highest BCUT2D eigenvalue weighted by Gasteiger charge is 2.19. The molecule has 0 spiro atoms. The van der Waals surface area contributed by atoms with Crippen LogP contribution in [0.1, 0.15) is 41.9 Å². The Morgan fingerprint density at radius 2 is 1.96 bits per heavy atom. The van der Waals surface area contributed by atoms with Gasteiger partial charge in [-0.3, -0.25) is 9.88 Å². The Labute approximate surface area is 153 Å². The molecule has 4 rings (SSSR count). The van der Waals surface area contributed by atoms with Gasteiger partial charge in [0, 0.05) is 30.4 Å². The Hall–Kier alpha value is -2.46. The Morgan fingerprint density at radius 3 is 2.81 bits per heavy atom. The van der Waals surface area contributed by atoms with Gasteiger partial charge in [-0.25, -0.2) is 4.79 Å². The van der Waals surface area contributed by atoms with Crippen molar-refractivity contribution in [3.05, 3.63) is 75.9 Å². The maximum absolute atomic E-state index is 12.0. The molecule has 0 radical (unpaired) electrons. The fourth-order valence-corrected chi connectivity index (χ4v) is 3.99. The van der Waals surface area contributed by atoms with Crippen LogP contribution in [0.3, 0.4) is 0 Å². The van der Waals surface area contributed by atoms with Gasteiger partial charge in [0.1, 0.15) is 5.58 Å². The van der Waals surface area contributed by atoms with Crippen LogP contribution in [0.25, 0.3) is 11.0 Å². The predicted molar refractivity (Wildman–Crippen MR) is 103 cm³/mol. The molecule has 0 saturated carbocycles. The van der Waals surface area contributed by atoms with Gasteiger partial charge in [-0.2, -0.15) is 0 Å². The summed E-state index contributed by atoms with van der Waals surface area (Å²) in [6, 6.07) is 12.0. The van der Waals surface area contributed by atoms with Crippen molar-refractivity contribution in [2.24, 2.45) is 0 Å². The van der Waals surface area contributed by atoms with E-state index in [0.29, 0.717) is 11.5 Å². The lowest BCUT2D eigenvalue weighted by Crippen LogP contribution is -2.25. The van der Waals surface area contributed by atoms with Crippen molar-refractivity contribution in [2.45, 2.75) is 38.6 Å². The zero-order valence-corrected chi connectivity index (χ0v) is 15.1. The van der Waals surface area contributed by atoms with Crippen LogP contribution in [0.4, 0.5) is 0 Å². The van der Waals surface area contributed by atoms with Crippen molar-refractivity contribution in [2.75, 3.05) is 13.1 Å². The average Bonchev–Trinajstić information content (AvgIpc) is 2.87. The van der Waals surface area contributed by atoms with Crippen molar-refractivity contribution in [3.8, 4) is 0 Å². The summed E-state index contributed by atoms with van der Waals surface area (Å²) in [6.45, 7) is 4.92. The molecule has 2 aromatic heterocycles. The number of rotatable bonds is 3. The van der Waals surface area contributed by atoms with Crippen LogP contribution in [0, 0.1) is 6.92 Å². The molecule has 1 aliphatic rings. The van der Waals surface area contributed by atoms with E-state index in [2.05, 4.69) is 34.1 Å². The third-order valence-electron chi connectivity index (χ3n) is 5.38. The molecule has 26 heavy (non-hydrogen) atoms. The van der Waals surface area contributed by atoms with E-state index in [-0.39, 0.29) is 5.63 Å². The molecule has 3 heterocycles. The summed E-state index contributed by atoms with van der Waals surface area (Å²) in [5, 5.41) is 1.05. The molecule has 1 atom stereocenters. The lowest BCUT2D eigenvalue weighted by atomic mass is 9.93.